The van der Waals surface area contributed by atoms with Crippen molar-refractivity contribution in [3.05, 3.63) is 0 Å². The van der Waals surface area contributed by atoms with Gasteiger partial charge in [0.05, 0.1) is 6.61 Å². The van der Waals surface area contributed by atoms with Crippen molar-refractivity contribution < 1.29 is 17.2 Å². The van der Waals surface area contributed by atoms with Crippen LogP contribution < -0.4 is 5.73 Å². The molecule has 0 bridgehead atoms. The quantitative estimate of drug-likeness (QED) is 0.685. The molecule has 1 rings (SSSR count). The Morgan fingerprint density at radius 1 is 1.29 bits per heavy atom. The summed E-state index contributed by atoms with van der Waals surface area (Å²) in [6.07, 6.45) is 5.00. The van der Waals surface area contributed by atoms with Gasteiger partial charge in [0.1, 0.15) is 0 Å². The minimum absolute atomic E-state index is 0.00231. The van der Waals surface area contributed by atoms with E-state index in [2.05, 4.69) is 4.18 Å². The molecule has 0 radical (unpaired) electrons. The lowest BCUT2D eigenvalue weighted by Crippen LogP contribution is -2.37. The summed E-state index contributed by atoms with van der Waals surface area (Å²) in [6.45, 7) is 0.408. The van der Waals surface area contributed by atoms with E-state index in [1.165, 1.54) is 0 Å². The van der Waals surface area contributed by atoms with Crippen LogP contribution >= 0.6 is 0 Å². The molecule has 1 aliphatic carbocycles. The van der Waals surface area contributed by atoms with Crippen molar-refractivity contribution in [3.8, 4) is 0 Å². The largest absolute Gasteiger partial charge is 0.397 e. The molecule has 3 N–H and O–H groups in total. The summed E-state index contributed by atoms with van der Waals surface area (Å²) >= 11 is 0. The summed E-state index contributed by atoms with van der Waals surface area (Å²) in [7, 11) is -4.33. The zero-order chi connectivity index (χ0) is 10.7. The minimum atomic E-state index is -4.33. The molecule has 1 fully saturated rings. The average Bonchev–Trinajstić information content (AvgIpc) is 2.15. The van der Waals surface area contributed by atoms with Crippen LogP contribution in [0.1, 0.15) is 32.1 Å². The molecule has 0 aromatic heterocycles. The SMILES string of the molecule is NCC1(COS(=O)(=O)O)CCCCC1. The monoisotopic (exact) mass is 223 g/mol. The maximum absolute atomic E-state index is 10.4. The van der Waals surface area contributed by atoms with Gasteiger partial charge in [0.15, 0.2) is 0 Å². The first kappa shape index (κ1) is 11.9. The minimum Gasteiger partial charge on any atom is -0.330 e. The standard InChI is InChI=1S/C8H17NO4S/c9-6-8(4-2-1-3-5-8)7-13-14(10,11)12/h1-7,9H2,(H,10,11,12). The molecular formula is C8H17NO4S. The predicted octanol–water partition coefficient (Wildman–Crippen LogP) is 0.715. The van der Waals surface area contributed by atoms with Crippen molar-refractivity contribution in [1.29, 1.82) is 0 Å². The molecule has 1 aliphatic rings. The normalized spacial score (nSPS) is 22.1. The summed E-state index contributed by atoms with van der Waals surface area (Å²) in [5.74, 6) is 0. The van der Waals surface area contributed by atoms with Gasteiger partial charge in [-0.05, 0) is 12.8 Å². The maximum Gasteiger partial charge on any atom is 0.397 e. The fourth-order valence-corrected chi connectivity index (χ4v) is 2.31. The number of rotatable bonds is 4. The highest BCUT2D eigenvalue weighted by Crippen LogP contribution is 2.35. The highest BCUT2D eigenvalue weighted by Gasteiger charge is 2.32. The van der Waals surface area contributed by atoms with Crippen LogP contribution in [0.15, 0.2) is 0 Å². The van der Waals surface area contributed by atoms with Crippen molar-refractivity contribution in [3.63, 3.8) is 0 Å². The van der Waals surface area contributed by atoms with Crippen LogP contribution in [0, 0.1) is 5.41 Å². The van der Waals surface area contributed by atoms with Crippen LogP contribution in [-0.4, -0.2) is 26.1 Å². The van der Waals surface area contributed by atoms with E-state index in [1.54, 1.807) is 0 Å². The Kier molecular flexibility index (Phi) is 3.88. The molecule has 6 heteroatoms. The molecule has 0 aromatic rings. The smallest absolute Gasteiger partial charge is 0.330 e. The predicted molar refractivity (Wildman–Crippen MR) is 52.1 cm³/mol. The third kappa shape index (κ3) is 3.53. The fourth-order valence-electron chi connectivity index (χ4n) is 1.91. The first-order valence-electron chi connectivity index (χ1n) is 4.79. The molecule has 0 aliphatic heterocycles. The maximum atomic E-state index is 10.4. The Labute approximate surface area is 84.6 Å². The van der Waals surface area contributed by atoms with E-state index in [0.29, 0.717) is 6.54 Å². The third-order valence-electron chi connectivity index (χ3n) is 2.86. The van der Waals surface area contributed by atoms with E-state index in [-0.39, 0.29) is 12.0 Å². The Morgan fingerprint density at radius 3 is 2.29 bits per heavy atom. The molecule has 1 saturated carbocycles. The lowest BCUT2D eigenvalue weighted by atomic mass is 9.75. The lowest BCUT2D eigenvalue weighted by molar-refractivity contribution is 0.0999. The second-order valence-corrected chi connectivity index (χ2v) is 5.05. The van der Waals surface area contributed by atoms with Gasteiger partial charge < -0.3 is 5.73 Å². The molecule has 5 nitrogen and oxygen atoms in total. The molecule has 0 atom stereocenters. The molecule has 14 heavy (non-hydrogen) atoms. The van der Waals surface area contributed by atoms with E-state index in [0.717, 1.165) is 32.1 Å². The molecule has 0 heterocycles. The summed E-state index contributed by atoms with van der Waals surface area (Å²) in [5.41, 5.74) is 5.36. The Morgan fingerprint density at radius 2 is 1.86 bits per heavy atom. The van der Waals surface area contributed by atoms with E-state index in [1.807, 2.05) is 0 Å². The number of hydrogen-bond donors (Lipinski definition) is 2. The number of hydrogen-bond acceptors (Lipinski definition) is 4. The first-order chi connectivity index (χ1) is 6.47. The molecular weight excluding hydrogens is 206 g/mol. The van der Waals surface area contributed by atoms with Gasteiger partial charge in [-0.15, -0.1) is 0 Å². The van der Waals surface area contributed by atoms with Crippen molar-refractivity contribution in [2.75, 3.05) is 13.2 Å². The summed E-state index contributed by atoms with van der Waals surface area (Å²) in [4.78, 5) is 0. The highest BCUT2D eigenvalue weighted by atomic mass is 32.3. The molecule has 0 amide bonds. The second kappa shape index (κ2) is 4.57. The molecule has 0 spiro atoms. The molecule has 0 unspecified atom stereocenters. The molecule has 0 saturated heterocycles. The first-order valence-corrected chi connectivity index (χ1v) is 6.16. The molecule has 84 valence electrons. The summed E-state index contributed by atoms with van der Waals surface area (Å²) in [6, 6.07) is 0. The Bertz CT molecular complexity index is 269. The van der Waals surface area contributed by atoms with Gasteiger partial charge >= 0.3 is 10.4 Å². The average molecular weight is 223 g/mol. The lowest BCUT2D eigenvalue weighted by Gasteiger charge is -2.35. The van der Waals surface area contributed by atoms with Gasteiger partial charge in [0, 0.05) is 12.0 Å². The highest BCUT2D eigenvalue weighted by molar-refractivity contribution is 7.80. The van der Waals surface area contributed by atoms with Crippen molar-refractivity contribution in [2.45, 2.75) is 32.1 Å². The van der Waals surface area contributed by atoms with E-state index in [4.69, 9.17) is 10.3 Å². The van der Waals surface area contributed by atoms with Crippen molar-refractivity contribution in [2.24, 2.45) is 11.1 Å². The van der Waals surface area contributed by atoms with E-state index >= 15 is 0 Å². The van der Waals surface area contributed by atoms with Gasteiger partial charge in [0.2, 0.25) is 0 Å². The van der Waals surface area contributed by atoms with Crippen LogP contribution in [-0.2, 0) is 14.6 Å². The van der Waals surface area contributed by atoms with Gasteiger partial charge in [-0.3, -0.25) is 4.55 Å². The third-order valence-corrected chi connectivity index (χ3v) is 3.28. The van der Waals surface area contributed by atoms with Crippen molar-refractivity contribution >= 4 is 10.4 Å². The van der Waals surface area contributed by atoms with Gasteiger partial charge in [-0.2, -0.15) is 8.42 Å². The fraction of sp³-hybridized carbons (Fsp3) is 1.00. The van der Waals surface area contributed by atoms with Gasteiger partial charge in [-0.25, -0.2) is 4.18 Å². The Balaban J connectivity index is 2.52. The van der Waals surface area contributed by atoms with Crippen LogP contribution in [0.2, 0.25) is 0 Å². The van der Waals surface area contributed by atoms with Crippen LogP contribution in [0.5, 0.6) is 0 Å². The van der Waals surface area contributed by atoms with Gasteiger partial charge in [-0.1, -0.05) is 19.3 Å². The summed E-state index contributed by atoms with van der Waals surface area (Å²) in [5, 5.41) is 0. The van der Waals surface area contributed by atoms with Crippen LogP contribution in [0.25, 0.3) is 0 Å². The zero-order valence-electron chi connectivity index (χ0n) is 8.11. The van der Waals surface area contributed by atoms with Crippen LogP contribution in [0.4, 0.5) is 0 Å². The second-order valence-electron chi connectivity index (χ2n) is 3.95. The Hall–Kier alpha value is -0.170. The van der Waals surface area contributed by atoms with E-state index < -0.39 is 10.4 Å². The van der Waals surface area contributed by atoms with E-state index in [9.17, 15) is 8.42 Å². The van der Waals surface area contributed by atoms with Crippen LogP contribution in [0.3, 0.4) is 0 Å². The zero-order valence-corrected chi connectivity index (χ0v) is 8.92. The molecule has 0 aromatic carbocycles. The van der Waals surface area contributed by atoms with Crippen molar-refractivity contribution in [1.82, 2.24) is 0 Å². The van der Waals surface area contributed by atoms with Gasteiger partial charge in [0.25, 0.3) is 0 Å². The summed E-state index contributed by atoms with van der Waals surface area (Å²) < 4.78 is 33.7. The number of nitrogens with two attached hydrogens (primary N) is 1. The topological polar surface area (TPSA) is 89.6 Å².